The van der Waals surface area contributed by atoms with Crippen LogP contribution in [0.2, 0.25) is 0 Å². The van der Waals surface area contributed by atoms with Crippen LogP contribution in [0.1, 0.15) is 48.1 Å². The number of nitrogens with zero attached hydrogens (tertiary/aromatic N) is 2. The van der Waals surface area contributed by atoms with Gasteiger partial charge >= 0.3 is 6.18 Å². The summed E-state index contributed by atoms with van der Waals surface area (Å²) in [5.74, 6) is -0.142. The molecule has 0 unspecified atom stereocenters. The fraction of sp³-hybridized carbons (Fsp3) is 0.286. The number of hydrogen-bond acceptors (Lipinski definition) is 4. The second-order valence-electron chi connectivity index (χ2n) is 6.74. The van der Waals surface area contributed by atoms with Crippen LogP contribution >= 0.6 is 0 Å². The molecule has 0 aliphatic rings. The van der Waals surface area contributed by atoms with Crippen molar-refractivity contribution in [1.29, 1.82) is 0 Å². The molecule has 1 aromatic heterocycles. The molecule has 2 aromatic carbocycles. The van der Waals surface area contributed by atoms with Crippen LogP contribution in [0.25, 0.3) is 11.4 Å². The van der Waals surface area contributed by atoms with Gasteiger partial charge in [-0.05, 0) is 30.2 Å². The largest absolute Gasteiger partial charge is 0.416 e. The lowest BCUT2D eigenvalue weighted by Crippen LogP contribution is -2.32. The van der Waals surface area contributed by atoms with Gasteiger partial charge in [-0.15, -0.1) is 0 Å². The zero-order valence-corrected chi connectivity index (χ0v) is 15.9. The second kappa shape index (κ2) is 8.46. The molecule has 3 aromatic rings. The second-order valence-corrected chi connectivity index (χ2v) is 6.74. The van der Waals surface area contributed by atoms with Gasteiger partial charge in [-0.3, -0.25) is 4.79 Å². The summed E-state index contributed by atoms with van der Waals surface area (Å²) in [4.78, 5) is 16.8. The molecule has 1 N–H and O–H groups in total. The Kier molecular flexibility index (Phi) is 6.00. The van der Waals surface area contributed by atoms with Crippen molar-refractivity contribution in [2.45, 2.75) is 32.5 Å². The van der Waals surface area contributed by atoms with Crippen molar-refractivity contribution in [3.63, 3.8) is 0 Å². The highest BCUT2D eigenvalue weighted by atomic mass is 19.4. The van der Waals surface area contributed by atoms with Gasteiger partial charge in [0.1, 0.15) is 6.04 Å². The van der Waals surface area contributed by atoms with Gasteiger partial charge in [-0.1, -0.05) is 55.8 Å². The number of aromatic nitrogens is 2. The van der Waals surface area contributed by atoms with Crippen molar-refractivity contribution in [3.05, 3.63) is 71.6 Å². The first kappa shape index (κ1) is 20.6. The average molecular weight is 403 g/mol. The third-order valence-corrected chi connectivity index (χ3v) is 4.69. The van der Waals surface area contributed by atoms with Crippen LogP contribution < -0.4 is 5.32 Å². The molecular weight excluding hydrogens is 383 g/mol. The normalized spacial score (nSPS) is 13.7. The summed E-state index contributed by atoms with van der Waals surface area (Å²) in [6, 6.07) is 12.8. The molecule has 2 atom stereocenters. The van der Waals surface area contributed by atoms with E-state index in [-0.39, 0.29) is 29.1 Å². The van der Waals surface area contributed by atoms with Gasteiger partial charge in [0.15, 0.2) is 0 Å². The summed E-state index contributed by atoms with van der Waals surface area (Å²) in [6.07, 6.45) is -3.74. The van der Waals surface area contributed by atoms with E-state index in [2.05, 4.69) is 15.5 Å². The molecule has 1 amide bonds. The zero-order valence-electron chi connectivity index (χ0n) is 15.9. The Morgan fingerprint density at radius 1 is 1.14 bits per heavy atom. The van der Waals surface area contributed by atoms with Crippen molar-refractivity contribution in [1.82, 2.24) is 15.5 Å². The lowest BCUT2D eigenvalue weighted by molar-refractivity contribution is -0.137. The van der Waals surface area contributed by atoms with Crippen LogP contribution in [0.4, 0.5) is 13.2 Å². The van der Waals surface area contributed by atoms with E-state index in [4.69, 9.17) is 4.52 Å². The van der Waals surface area contributed by atoms with E-state index < -0.39 is 17.8 Å². The number of nitrogens with one attached hydrogen (secondary N) is 1. The van der Waals surface area contributed by atoms with Crippen molar-refractivity contribution in [2.75, 3.05) is 0 Å². The van der Waals surface area contributed by atoms with E-state index in [1.54, 1.807) is 24.3 Å². The van der Waals surface area contributed by atoms with Gasteiger partial charge in [0.25, 0.3) is 5.91 Å². The van der Waals surface area contributed by atoms with Gasteiger partial charge in [-0.2, -0.15) is 18.2 Å². The highest BCUT2D eigenvalue weighted by Crippen LogP contribution is 2.32. The molecule has 0 aliphatic carbocycles. The number of alkyl halides is 3. The van der Waals surface area contributed by atoms with E-state index >= 15 is 0 Å². The Balaban J connectivity index is 1.88. The highest BCUT2D eigenvalue weighted by Gasteiger charge is 2.31. The monoisotopic (exact) mass is 403 g/mol. The minimum atomic E-state index is -4.47. The van der Waals surface area contributed by atoms with Crippen molar-refractivity contribution in [3.8, 4) is 11.4 Å². The fourth-order valence-electron chi connectivity index (χ4n) is 2.81. The summed E-state index contributed by atoms with van der Waals surface area (Å²) in [6.45, 7) is 3.88. The van der Waals surface area contributed by atoms with Crippen LogP contribution in [0.15, 0.2) is 59.1 Å². The molecule has 0 radical (unpaired) electrons. The van der Waals surface area contributed by atoms with Crippen LogP contribution in [0.3, 0.4) is 0 Å². The van der Waals surface area contributed by atoms with Crippen LogP contribution in [0, 0.1) is 5.92 Å². The third-order valence-electron chi connectivity index (χ3n) is 4.69. The fourth-order valence-corrected chi connectivity index (χ4v) is 2.81. The molecule has 3 rings (SSSR count). The van der Waals surface area contributed by atoms with Gasteiger partial charge in [0, 0.05) is 11.1 Å². The molecule has 0 spiro atoms. The topological polar surface area (TPSA) is 68.0 Å². The number of hydrogen-bond donors (Lipinski definition) is 1. The molecule has 0 fully saturated rings. The maximum Gasteiger partial charge on any atom is 0.416 e. The molecule has 1 heterocycles. The molecule has 0 saturated heterocycles. The number of benzene rings is 2. The Bertz CT molecular complexity index is 971. The average Bonchev–Trinajstić information content (AvgIpc) is 3.21. The zero-order chi connectivity index (χ0) is 21.0. The van der Waals surface area contributed by atoms with E-state index in [1.165, 1.54) is 12.1 Å². The van der Waals surface area contributed by atoms with Crippen LogP contribution in [-0.4, -0.2) is 16.0 Å². The first-order valence-electron chi connectivity index (χ1n) is 9.16. The van der Waals surface area contributed by atoms with E-state index in [9.17, 15) is 18.0 Å². The summed E-state index contributed by atoms with van der Waals surface area (Å²) < 4.78 is 44.2. The van der Waals surface area contributed by atoms with Crippen molar-refractivity contribution in [2.24, 2.45) is 5.92 Å². The number of halogens is 3. The summed E-state index contributed by atoms with van der Waals surface area (Å²) in [7, 11) is 0. The Hall–Kier alpha value is -3.16. The molecule has 152 valence electrons. The maximum atomic E-state index is 13.0. The van der Waals surface area contributed by atoms with Gasteiger partial charge < -0.3 is 9.84 Å². The summed E-state index contributed by atoms with van der Waals surface area (Å²) in [5.41, 5.74) is -0.122. The Morgan fingerprint density at radius 3 is 2.52 bits per heavy atom. The molecule has 8 heteroatoms. The van der Waals surface area contributed by atoms with Crippen molar-refractivity contribution >= 4 is 5.91 Å². The third kappa shape index (κ3) is 4.82. The molecular formula is C21H20F3N3O2. The number of carbonyl (C=O) groups is 1. The van der Waals surface area contributed by atoms with Gasteiger partial charge in [0.05, 0.1) is 5.56 Å². The summed E-state index contributed by atoms with van der Waals surface area (Å²) >= 11 is 0. The van der Waals surface area contributed by atoms with Crippen LogP contribution in [-0.2, 0) is 6.18 Å². The highest BCUT2D eigenvalue weighted by molar-refractivity contribution is 5.94. The summed E-state index contributed by atoms with van der Waals surface area (Å²) in [5, 5.41) is 6.71. The quantitative estimate of drug-likeness (QED) is 0.609. The van der Waals surface area contributed by atoms with E-state index in [0.29, 0.717) is 5.56 Å². The molecule has 0 aliphatic heterocycles. The first-order valence-corrected chi connectivity index (χ1v) is 9.16. The van der Waals surface area contributed by atoms with E-state index in [0.717, 1.165) is 18.6 Å². The maximum absolute atomic E-state index is 13.0. The van der Waals surface area contributed by atoms with Crippen LogP contribution in [0.5, 0.6) is 0 Å². The number of carbonyl (C=O) groups excluding carboxylic acids is 1. The molecule has 5 nitrogen and oxygen atoms in total. The van der Waals surface area contributed by atoms with Crippen molar-refractivity contribution < 1.29 is 22.5 Å². The predicted octanol–water partition coefficient (Wildman–Crippen LogP) is 5.27. The Labute approximate surface area is 165 Å². The molecule has 0 bridgehead atoms. The Morgan fingerprint density at radius 2 is 1.86 bits per heavy atom. The standard InChI is InChI=1S/C21H20F3N3O2/c1-3-13(2)17(25-19(28)14-8-5-4-6-9-14)20-26-18(27-29-20)15-10-7-11-16(12-15)21(22,23)24/h4-13,17H,3H2,1-2H3,(H,25,28)/t13-,17-/m1/s1. The minimum Gasteiger partial charge on any atom is -0.340 e. The SMILES string of the molecule is CC[C@@H](C)[C@@H](NC(=O)c1ccccc1)c1nc(-c2cccc(C(F)(F)F)c2)no1. The lowest BCUT2D eigenvalue weighted by Gasteiger charge is -2.20. The minimum absolute atomic E-state index is 0.0301. The van der Waals surface area contributed by atoms with Gasteiger partial charge in [-0.25, -0.2) is 0 Å². The smallest absolute Gasteiger partial charge is 0.340 e. The first-order chi connectivity index (χ1) is 13.8. The van der Waals surface area contributed by atoms with E-state index in [1.807, 2.05) is 19.9 Å². The molecule has 0 saturated carbocycles. The number of rotatable bonds is 6. The van der Waals surface area contributed by atoms with Gasteiger partial charge in [0.2, 0.25) is 11.7 Å². The lowest BCUT2D eigenvalue weighted by atomic mass is 9.98. The predicted molar refractivity (Wildman–Crippen MR) is 101 cm³/mol. The molecule has 29 heavy (non-hydrogen) atoms. The number of amides is 1.